The number of nitrogens with zero attached hydrogens (tertiary/aromatic N) is 2. The quantitative estimate of drug-likeness (QED) is 0.439. The zero-order chi connectivity index (χ0) is 21.2. The van der Waals surface area contributed by atoms with Crippen molar-refractivity contribution >= 4 is 50.3 Å². The summed E-state index contributed by atoms with van der Waals surface area (Å²) in [5.41, 5.74) is 1.15. The number of methoxy groups -OCH3 is 1. The van der Waals surface area contributed by atoms with Gasteiger partial charge in [-0.2, -0.15) is 0 Å². The lowest BCUT2D eigenvalue weighted by Crippen LogP contribution is -2.36. The maximum absolute atomic E-state index is 13.1. The summed E-state index contributed by atoms with van der Waals surface area (Å²) in [6, 6.07) is 13.8. The van der Waals surface area contributed by atoms with E-state index in [0.717, 1.165) is 15.5 Å². The molecule has 7 nitrogen and oxygen atoms in total. The normalized spacial score (nSPS) is 11.4. The van der Waals surface area contributed by atoms with E-state index in [0.29, 0.717) is 16.6 Å². The Morgan fingerprint density at radius 2 is 1.86 bits per heavy atom. The van der Waals surface area contributed by atoms with E-state index >= 15 is 0 Å². The van der Waals surface area contributed by atoms with Crippen LogP contribution in [0.4, 0.5) is 5.69 Å². The molecule has 0 spiro atoms. The second-order valence-corrected chi connectivity index (χ2v) is 9.07. The zero-order valence-corrected chi connectivity index (χ0v) is 17.8. The fraction of sp³-hybridized carbons (Fsp3) is 0.200. The Morgan fingerprint density at radius 3 is 2.52 bits per heavy atom. The van der Waals surface area contributed by atoms with E-state index in [9.17, 15) is 18.0 Å². The highest BCUT2D eigenvalue weighted by molar-refractivity contribution is 7.98. The smallest absolute Gasteiger partial charge is 0.340 e. The van der Waals surface area contributed by atoms with Crippen molar-refractivity contribution in [2.75, 3.05) is 30.5 Å². The van der Waals surface area contributed by atoms with Crippen LogP contribution in [0.15, 0.2) is 59.6 Å². The lowest BCUT2D eigenvalue weighted by atomic mass is 10.2. The molecule has 0 aliphatic carbocycles. The highest BCUT2D eigenvalue weighted by Crippen LogP contribution is 2.26. The largest absolute Gasteiger partial charge is 0.465 e. The van der Waals surface area contributed by atoms with Crippen molar-refractivity contribution in [3.05, 3.63) is 60.3 Å². The van der Waals surface area contributed by atoms with Crippen LogP contribution in [0.1, 0.15) is 15.2 Å². The minimum absolute atomic E-state index is 0.242. The van der Waals surface area contributed by atoms with Gasteiger partial charge in [0.2, 0.25) is 10.0 Å². The molecule has 0 amide bonds. The molecule has 9 heteroatoms. The molecule has 3 rings (SSSR count). The molecule has 0 saturated carbocycles. The van der Waals surface area contributed by atoms with Gasteiger partial charge in [0.1, 0.15) is 6.54 Å². The molecule has 2 aromatic carbocycles. The maximum Gasteiger partial charge on any atom is 0.340 e. The number of anilines is 1. The van der Waals surface area contributed by atoms with Crippen molar-refractivity contribution in [1.29, 1.82) is 0 Å². The number of carbonyl (C=O) groups is 2. The molecule has 29 heavy (non-hydrogen) atoms. The van der Waals surface area contributed by atoms with Gasteiger partial charge in [-0.3, -0.25) is 13.7 Å². The van der Waals surface area contributed by atoms with E-state index in [1.165, 1.54) is 29.6 Å². The lowest BCUT2D eigenvalue weighted by Gasteiger charge is -2.22. The van der Waals surface area contributed by atoms with Gasteiger partial charge < -0.3 is 4.74 Å². The van der Waals surface area contributed by atoms with Gasteiger partial charge in [-0.15, -0.1) is 11.8 Å². The van der Waals surface area contributed by atoms with Crippen LogP contribution in [0.3, 0.4) is 0 Å². The topological polar surface area (TPSA) is 85.7 Å². The molecule has 0 aliphatic heterocycles. The summed E-state index contributed by atoms with van der Waals surface area (Å²) >= 11 is 1.47. The number of fused-ring (bicyclic) bond motifs is 1. The van der Waals surface area contributed by atoms with Gasteiger partial charge in [0.15, 0.2) is 0 Å². The number of thioether (sulfide) groups is 1. The predicted molar refractivity (Wildman–Crippen MR) is 114 cm³/mol. The average molecular weight is 433 g/mol. The molecule has 1 heterocycles. The maximum atomic E-state index is 13.1. The van der Waals surface area contributed by atoms with E-state index in [2.05, 4.69) is 0 Å². The molecule has 1 aromatic heterocycles. The molecule has 0 bridgehead atoms. The Morgan fingerprint density at radius 1 is 1.14 bits per heavy atom. The second-order valence-electron chi connectivity index (χ2n) is 6.29. The standard InChI is InChI=1S/C20H20N2O5S2/c1-27-20(24)17-12-21(18-10-5-4-9-16(17)18)19(23)13-22(29(3,25)26)14-7-6-8-15(11-14)28-2/h4-12H,13H2,1-3H3. The van der Waals surface area contributed by atoms with Gasteiger partial charge in [-0.1, -0.05) is 24.3 Å². The molecule has 0 unspecified atom stereocenters. The first-order valence-electron chi connectivity index (χ1n) is 8.59. The molecule has 0 atom stereocenters. The number of carbonyl (C=O) groups excluding carboxylic acids is 2. The third-order valence-corrected chi connectivity index (χ3v) is 6.27. The zero-order valence-electron chi connectivity index (χ0n) is 16.2. The summed E-state index contributed by atoms with van der Waals surface area (Å²) in [6.07, 6.45) is 4.33. The molecule has 0 radical (unpaired) electrons. The summed E-state index contributed by atoms with van der Waals surface area (Å²) in [7, 11) is -2.45. The summed E-state index contributed by atoms with van der Waals surface area (Å²) < 4.78 is 32.0. The first-order valence-corrected chi connectivity index (χ1v) is 11.7. The number of rotatable bonds is 6. The van der Waals surface area contributed by atoms with Crippen molar-refractivity contribution in [1.82, 2.24) is 4.57 Å². The summed E-state index contributed by atoms with van der Waals surface area (Å²) in [5, 5.41) is 0.558. The van der Waals surface area contributed by atoms with E-state index in [-0.39, 0.29) is 5.56 Å². The van der Waals surface area contributed by atoms with Crippen LogP contribution < -0.4 is 4.31 Å². The molecule has 3 aromatic rings. The van der Waals surface area contributed by atoms with E-state index < -0.39 is 28.4 Å². The van der Waals surface area contributed by atoms with Crippen molar-refractivity contribution < 1.29 is 22.7 Å². The third-order valence-electron chi connectivity index (χ3n) is 4.41. The predicted octanol–water partition coefficient (Wildman–Crippen LogP) is 3.26. The molecule has 0 aliphatic rings. The van der Waals surface area contributed by atoms with Crippen LogP contribution in [0.5, 0.6) is 0 Å². The first kappa shape index (κ1) is 20.9. The Labute approximate surface area is 173 Å². The minimum Gasteiger partial charge on any atom is -0.465 e. The van der Waals surface area contributed by atoms with Gasteiger partial charge in [0.05, 0.1) is 30.1 Å². The summed E-state index contributed by atoms with van der Waals surface area (Å²) in [6.45, 7) is -0.407. The summed E-state index contributed by atoms with van der Waals surface area (Å²) in [4.78, 5) is 26.0. The monoisotopic (exact) mass is 432 g/mol. The van der Waals surface area contributed by atoms with Crippen LogP contribution in [0.25, 0.3) is 10.9 Å². The Bertz CT molecular complexity index is 1180. The van der Waals surface area contributed by atoms with Gasteiger partial charge in [-0.05, 0) is 30.5 Å². The van der Waals surface area contributed by atoms with Crippen LogP contribution in [-0.2, 0) is 14.8 Å². The third kappa shape index (κ3) is 4.30. The van der Waals surface area contributed by atoms with Crippen LogP contribution in [0, 0.1) is 0 Å². The van der Waals surface area contributed by atoms with Crippen molar-refractivity contribution in [3.63, 3.8) is 0 Å². The van der Waals surface area contributed by atoms with E-state index in [4.69, 9.17) is 4.74 Å². The minimum atomic E-state index is -3.72. The number of hydrogen-bond acceptors (Lipinski definition) is 6. The van der Waals surface area contributed by atoms with Crippen LogP contribution in [-0.4, -0.2) is 51.0 Å². The van der Waals surface area contributed by atoms with Gasteiger partial charge >= 0.3 is 5.97 Å². The van der Waals surface area contributed by atoms with E-state index in [1.807, 2.05) is 12.3 Å². The highest BCUT2D eigenvalue weighted by atomic mass is 32.2. The molecule has 0 saturated heterocycles. The van der Waals surface area contributed by atoms with Crippen molar-refractivity contribution in [2.24, 2.45) is 0 Å². The average Bonchev–Trinajstić information content (AvgIpc) is 3.10. The lowest BCUT2D eigenvalue weighted by molar-refractivity contribution is 0.0603. The number of esters is 1. The number of benzene rings is 2. The molecular formula is C20H20N2O5S2. The number of sulfonamides is 1. The van der Waals surface area contributed by atoms with Gasteiger partial charge in [0, 0.05) is 16.5 Å². The second kappa shape index (κ2) is 8.30. The summed E-state index contributed by atoms with van der Waals surface area (Å²) in [5.74, 6) is -1.06. The Kier molecular flexibility index (Phi) is 5.99. The fourth-order valence-electron chi connectivity index (χ4n) is 3.02. The van der Waals surface area contributed by atoms with Crippen LogP contribution >= 0.6 is 11.8 Å². The molecular weight excluding hydrogens is 412 g/mol. The fourth-order valence-corrected chi connectivity index (χ4v) is 4.32. The Balaban J connectivity index is 2.04. The van der Waals surface area contributed by atoms with Gasteiger partial charge in [0.25, 0.3) is 5.91 Å². The molecule has 0 N–H and O–H groups in total. The van der Waals surface area contributed by atoms with Gasteiger partial charge in [-0.25, -0.2) is 13.2 Å². The molecule has 0 fully saturated rings. The SMILES string of the molecule is COC(=O)c1cn(C(=O)CN(c2cccc(SC)c2)S(C)(=O)=O)c2ccccc12. The Hall–Kier alpha value is -2.78. The number of para-hydroxylation sites is 1. The number of ether oxygens (including phenoxy) is 1. The van der Waals surface area contributed by atoms with Crippen molar-refractivity contribution in [2.45, 2.75) is 4.90 Å². The molecule has 152 valence electrons. The van der Waals surface area contributed by atoms with Crippen molar-refractivity contribution in [3.8, 4) is 0 Å². The van der Waals surface area contributed by atoms with E-state index in [1.54, 1.807) is 42.5 Å². The number of hydrogen-bond donors (Lipinski definition) is 0. The first-order chi connectivity index (χ1) is 13.8. The highest BCUT2D eigenvalue weighted by Gasteiger charge is 2.24. The number of aromatic nitrogens is 1. The van der Waals surface area contributed by atoms with Crippen LogP contribution in [0.2, 0.25) is 0 Å².